The van der Waals surface area contributed by atoms with Crippen LogP contribution in [-0.4, -0.2) is 30.3 Å². The second-order valence-electron chi connectivity index (χ2n) is 4.57. The molecule has 0 aliphatic rings. The highest BCUT2D eigenvalue weighted by Crippen LogP contribution is 2.23. The number of tetrazole rings is 1. The standard InChI is InChI=1S/C9H14N6OS/c1-6-10-7(16-12-6)5-17-8-11-13-14-15(8)9(2,3)4/h5H2,1-4H3. The molecule has 0 fully saturated rings. The molecule has 0 aromatic carbocycles. The van der Waals surface area contributed by atoms with Gasteiger partial charge in [-0.25, -0.2) is 4.68 Å². The highest BCUT2D eigenvalue weighted by molar-refractivity contribution is 7.98. The van der Waals surface area contributed by atoms with Crippen molar-refractivity contribution in [3.63, 3.8) is 0 Å². The predicted molar refractivity (Wildman–Crippen MR) is 61.4 cm³/mol. The van der Waals surface area contributed by atoms with Crippen LogP contribution in [0.1, 0.15) is 32.5 Å². The molecule has 0 bridgehead atoms. The number of aryl methyl sites for hydroxylation is 1. The average molecular weight is 254 g/mol. The van der Waals surface area contributed by atoms with Gasteiger partial charge >= 0.3 is 0 Å². The molecule has 0 saturated carbocycles. The van der Waals surface area contributed by atoms with E-state index < -0.39 is 0 Å². The molecule has 7 nitrogen and oxygen atoms in total. The zero-order valence-electron chi connectivity index (χ0n) is 10.2. The molecule has 0 N–H and O–H groups in total. The van der Waals surface area contributed by atoms with Crippen LogP contribution in [0.5, 0.6) is 0 Å². The van der Waals surface area contributed by atoms with Gasteiger partial charge in [0.25, 0.3) is 0 Å². The molecule has 92 valence electrons. The maximum absolute atomic E-state index is 5.03. The molecule has 0 atom stereocenters. The van der Waals surface area contributed by atoms with Gasteiger partial charge in [0.05, 0.1) is 11.3 Å². The van der Waals surface area contributed by atoms with Crippen LogP contribution >= 0.6 is 11.8 Å². The lowest BCUT2D eigenvalue weighted by molar-refractivity contribution is 0.321. The topological polar surface area (TPSA) is 82.5 Å². The van der Waals surface area contributed by atoms with Crippen LogP contribution in [0.15, 0.2) is 9.68 Å². The molecule has 0 unspecified atom stereocenters. The normalized spacial score (nSPS) is 12.0. The summed E-state index contributed by atoms with van der Waals surface area (Å²) >= 11 is 1.48. The SMILES string of the molecule is Cc1noc(CSc2nnnn2C(C)(C)C)n1. The first-order valence-electron chi connectivity index (χ1n) is 5.17. The van der Waals surface area contributed by atoms with Gasteiger partial charge in [-0.1, -0.05) is 16.9 Å². The Kier molecular flexibility index (Phi) is 3.14. The van der Waals surface area contributed by atoms with E-state index in [0.717, 1.165) is 5.16 Å². The quantitative estimate of drug-likeness (QED) is 0.766. The second-order valence-corrected chi connectivity index (χ2v) is 5.51. The van der Waals surface area contributed by atoms with Crippen molar-refractivity contribution in [3.05, 3.63) is 11.7 Å². The predicted octanol–water partition coefficient (Wildman–Crippen LogP) is 1.41. The first-order valence-corrected chi connectivity index (χ1v) is 6.16. The summed E-state index contributed by atoms with van der Waals surface area (Å²) in [5, 5.41) is 16.1. The van der Waals surface area contributed by atoms with Crippen molar-refractivity contribution in [1.29, 1.82) is 0 Å². The zero-order valence-corrected chi connectivity index (χ0v) is 11.0. The second kappa shape index (κ2) is 4.44. The van der Waals surface area contributed by atoms with Crippen molar-refractivity contribution in [1.82, 2.24) is 30.3 Å². The maximum Gasteiger partial charge on any atom is 0.237 e. The highest BCUT2D eigenvalue weighted by Gasteiger charge is 2.20. The molecule has 0 amide bonds. The molecule has 2 rings (SSSR count). The first-order chi connectivity index (χ1) is 7.97. The van der Waals surface area contributed by atoms with Crippen LogP contribution < -0.4 is 0 Å². The van der Waals surface area contributed by atoms with E-state index in [1.54, 1.807) is 11.6 Å². The van der Waals surface area contributed by atoms with Gasteiger partial charge in [-0.15, -0.1) is 5.10 Å². The minimum absolute atomic E-state index is 0.142. The van der Waals surface area contributed by atoms with E-state index in [1.807, 2.05) is 20.8 Å². The lowest BCUT2D eigenvalue weighted by Crippen LogP contribution is -2.24. The van der Waals surface area contributed by atoms with Crippen molar-refractivity contribution in [2.75, 3.05) is 0 Å². The van der Waals surface area contributed by atoms with Crippen molar-refractivity contribution < 1.29 is 4.52 Å². The fourth-order valence-electron chi connectivity index (χ4n) is 1.21. The molecule has 0 radical (unpaired) electrons. The van der Waals surface area contributed by atoms with Gasteiger partial charge in [-0.05, 0) is 38.1 Å². The van der Waals surface area contributed by atoms with Crippen LogP contribution in [0.2, 0.25) is 0 Å². The third-order valence-corrected chi connectivity index (χ3v) is 2.87. The van der Waals surface area contributed by atoms with E-state index in [9.17, 15) is 0 Å². The monoisotopic (exact) mass is 254 g/mol. The summed E-state index contributed by atoms with van der Waals surface area (Å²) in [5.74, 6) is 1.78. The molecule has 0 spiro atoms. The first kappa shape index (κ1) is 12.0. The molecule has 0 saturated heterocycles. The average Bonchev–Trinajstić information content (AvgIpc) is 2.81. The van der Waals surface area contributed by atoms with Crippen molar-refractivity contribution in [2.45, 2.75) is 44.1 Å². The van der Waals surface area contributed by atoms with Crippen LogP contribution in [0.25, 0.3) is 0 Å². The number of thioether (sulfide) groups is 1. The van der Waals surface area contributed by atoms with Gasteiger partial charge in [-0.3, -0.25) is 0 Å². The van der Waals surface area contributed by atoms with Crippen LogP contribution in [0, 0.1) is 6.92 Å². The van der Waals surface area contributed by atoms with Crippen LogP contribution in [-0.2, 0) is 11.3 Å². The molecule has 8 heteroatoms. The van der Waals surface area contributed by atoms with E-state index in [0.29, 0.717) is 17.5 Å². The zero-order chi connectivity index (χ0) is 12.5. The summed E-state index contributed by atoms with van der Waals surface area (Å²) < 4.78 is 6.81. The Morgan fingerprint density at radius 3 is 2.71 bits per heavy atom. The third-order valence-electron chi connectivity index (χ3n) is 1.97. The summed E-state index contributed by atoms with van der Waals surface area (Å²) in [5.41, 5.74) is -0.142. The Morgan fingerprint density at radius 2 is 2.12 bits per heavy atom. The Morgan fingerprint density at radius 1 is 1.35 bits per heavy atom. The summed E-state index contributed by atoms with van der Waals surface area (Å²) in [6.07, 6.45) is 0. The van der Waals surface area contributed by atoms with Crippen molar-refractivity contribution in [3.8, 4) is 0 Å². The maximum atomic E-state index is 5.03. The highest BCUT2D eigenvalue weighted by atomic mass is 32.2. The molecular formula is C9H14N6OS. The summed E-state index contributed by atoms with van der Waals surface area (Å²) in [7, 11) is 0. The van der Waals surface area contributed by atoms with E-state index in [2.05, 4.69) is 25.7 Å². The summed E-state index contributed by atoms with van der Waals surface area (Å²) in [6, 6.07) is 0. The Labute approximate surface area is 103 Å². The van der Waals surface area contributed by atoms with Gasteiger partial charge in [0, 0.05) is 0 Å². The largest absolute Gasteiger partial charge is 0.338 e. The van der Waals surface area contributed by atoms with E-state index >= 15 is 0 Å². The molecule has 17 heavy (non-hydrogen) atoms. The van der Waals surface area contributed by atoms with Crippen LogP contribution in [0.3, 0.4) is 0 Å². The van der Waals surface area contributed by atoms with Gasteiger partial charge in [0.2, 0.25) is 11.0 Å². The van der Waals surface area contributed by atoms with Gasteiger partial charge < -0.3 is 4.52 Å². The van der Waals surface area contributed by atoms with Gasteiger partial charge in [-0.2, -0.15) is 4.98 Å². The number of aromatic nitrogens is 6. The molecule has 2 aromatic rings. The van der Waals surface area contributed by atoms with E-state index in [1.165, 1.54) is 11.8 Å². The molecule has 0 aliphatic carbocycles. The Balaban J connectivity index is 2.07. The van der Waals surface area contributed by atoms with Crippen molar-refractivity contribution >= 4 is 11.8 Å². The van der Waals surface area contributed by atoms with Crippen LogP contribution in [0.4, 0.5) is 0 Å². The van der Waals surface area contributed by atoms with E-state index in [4.69, 9.17) is 4.52 Å². The van der Waals surface area contributed by atoms with Gasteiger partial charge in [0.1, 0.15) is 0 Å². The molecule has 0 aliphatic heterocycles. The van der Waals surface area contributed by atoms with E-state index in [-0.39, 0.29) is 5.54 Å². The third kappa shape index (κ3) is 2.82. The lowest BCUT2D eigenvalue weighted by atomic mass is 10.1. The molecule has 2 aromatic heterocycles. The van der Waals surface area contributed by atoms with Gasteiger partial charge in [0.15, 0.2) is 5.82 Å². The number of hydrogen-bond acceptors (Lipinski definition) is 7. The number of rotatable bonds is 3. The molecule has 2 heterocycles. The lowest BCUT2D eigenvalue weighted by Gasteiger charge is -2.19. The smallest absolute Gasteiger partial charge is 0.237 e. The Hall–Kier alpha value is -1.44. The molecular weight excluding hydrogens is 240 g/mol. The number of nitrogens with zero attached hydrogens (tertiary/aromatic N) is 6. The Bertz CT molecular complexity index is 500. The fourth-order valence-corrected chi connectivity index (χ4v) is 2.11. The minimum atomic E-state index is -0.142. The summed E-state index contributed by atoms with van der Waals surface area (Å²) in [4.78, 5) is 4.13. The summed E-state index contributed by atoms with van der Waals surface area (Å²) in [6.45, 7) is 7.93. The minimum Gasteiger partial charge on any atom is -0.338 e. The fraction of sp³-hybridized carbons (Fsp3) is 0.667. The van der Waals surface area contributed by atoms with Crippen molar-refractivity contribution in [2.24, 2.45) is 0 Å². The number of hydrogen-bond donors (Lipinski definition) is 0.